The molecule has 2 aliphatic heterocycles. The Morgan fingerprint density at radius 3 is 2.09 bits per heavy atom. The third-order valence-corrected chi connectivity index (χ3v) is 7.83. The molecular formula is C31H38N2O. The third kappa shape index (κ3) is 4.78. The Labute approximate surface area is 205 Å². The molecule has 5 rings (SSSR count). The van der Waals surface area contributed by atoms with E-state index in [9.17, 15) is 0 Å². The molecule has 0 bridgehead atoms. The normalized spacial score (nSPS) is 21.0. The van der Waals surface area contributed by atoms with Gasteiger partial charge in [-0.1, -0.05) is 66.7 Å². The fourth-order valence-corrected chi connectivity index (χ4v) is 5.85. The molecule has 1 N–H and O–H groups in total. The fraction of sp³-hybridized carbons (Fsp3) is 0.419. The molecule has 34 heavy (non-hydrogen) atoms. The van der Waals surface area contributed by atoms with E-state index >= 15 is 0 Å². The van der Waals surface area contributed by atoms with Crippen molar-refractivity contribution in [3.63, 3.8) is 0 Å². The van der Waals surface area contributed by atoms with E-state index in [2.05, 4.69) is 105 Å². The molecule has 2 heterocycles. The van der Waals surface area contributed by atoms with Crippen LogP contribution in [0.15, 0.2) is 66.7 Å². The van der Waals surface area contributed by atoms with Crippen LogP contribution in [0.2, 0.25) is 0 Å². The number of ether oxygens (including phenoxy) is 1. The first-order chi connectivity index (χ1) is 16.4. The van der Waals surface area contributed by atoms with Crippen molar-refractivity contribution in [3.05, 3.63) is 100 Å². The summed E-state index contributed by atoms with van der Waals surface area (Å²) in [6.07, 6.45) is 3.34. The molecule has 0 aliphatic carbocycles. The molecule has 178 valence electrons. The average molecular weight is 455 g/mol. The number of piperidine rings is 1. The molecule has 3 nitrogen and oxygen atoms in total. The molecular weight excluding hydrogens is 416 g/mol. The second-order valence-corrected chi connectivity index (χ2v) is 10.6. The Morgan fingerprint density at radius 1 is 0.912 bits per heavy atom. The van der Waals surface area contributed by atoms with Crippen molar-refractivity contribution in [2.75, 3.05) is 19.6 Å². The van der Waals surface area contributed by atoms with Crippen LogP contribution in [0, 0.1) is 20.8 Å². The minimum absolute atomic E-state index is 0.136. The van der Waals surface area contributed by atoms with Crippen LogP contribution in [0.4, 0.5) is 0 Å². The van der Waals surface area contributed by atoms with Crippen molar-refractivity contribution in [1.29, 1.82) is 0 Å². The van der Waals surface area contributed by atoms with Gasteiger partial charge in [-0.25, -0.2) is 0 Å². The summed E-state index contributed by atoms with van der Waals surface area (Å²) in [4.78, 5) is 2.61. The first-order valence-corrected chi connectivity index (χ1v) is 12.8. The van der Waals surface area contributed by atoms with Crippen LogP contribution in [-0.4, -0.2) is 36.2 Å². The maximum Gasteiger partial charge on any atom is 0.126 e. The highest BCUT2D eigenvalue weighted by Crippen LogP contribution is 2.41. The van der Waals surface area contributed by atoms with Crippen LogP contribution >= 0.6 is 0 Å². The van der Waals surface area contributed by atoms with Gasteiger partial charge in [0.2, 0.25) is 0 Å². The van der Waals surface area contributed by atoms with E-state index in [0.717, 1.165) is 44.6 Å². The number of nitrogens with one attached hydrogen (secondary N) is 1. The van der Waals surface area contributed by atoms with Crippen LogP contribution in [0.5, 0.6) is 5.75 Å². The third-order valence-electron chi connectivity index (χ3n) is 7.83. The number of likely N-dealkylation sites (tertiary alicyclic amines) is 1. The summed E-state index contributed by atoms with van der Waals surface area (Å²) in [5, 5.41) is 3.99. The quantitative estimate of drug-likeness (QED) is 0.483. The molecule has 1 saturated heterocycles. The highest BCUT2D eigenvalue weighted by molar-refractivity contribution is 5.53. The zero-order valence-corrected chi connectivity index (χ0v) is 21.1. The van der Waals surface area contributed by atoms with Crippen molar-refractivity contribution >= 4 is 0 Å². The lowest BCUT2D eigenvalue weighted by atomic mass is 9.92. The highest BCUT2D eigenvalue weighted by Gasteiger charge is 2.39. The average Bonchev–Trinajstić information content (AvgIpc) is 3.21. The lowest BCUT2D eigenvalue weighted by Crippen LogP contribution is -2.50. The van der Waals surface area contributed by atoms with Crippen LogP contribution in [-0.2, 0) is 6.42 Å². The molecule has 1 unspecified atom stereocenters. The Balaban J connectivity index is 1.22. The highest BCUT2D eigenvalue weighted by atomic mass is 16.5. The first kappa shape index (κ1) is 23.1. The van der Waals surface area contributed by atoms with E-state index in [-0.39, 0.29) is 11.6 Å². The predicted octanol–water partition coefficient (Wildman–Crippen LogP) is 6.15. The van der Waals surface area contributed by atoms with E-state index in [4.69, 9.17) is 4.74 Å². The Bertz CT molecular complexity index is 1080. The maximum absolute atomic E-state index is 6.64. The summed E-state index contributed by atoms with van der Waals surface area (Å²) in [7, 11) is 0. The molecule has 1 atom stereocenters. The largest absolute Gasteiger partial charge is 0.485 e. The molecule has 3 aromatic rings. The van der Waals surface area contributed by atoms with Gasteiger partial charge in [0.15, 0.2) is 0 Å². The molecule has 0 saturated carbocycles. The number of fused-ring (bicyclic) bond motifs is 1. The van der Waals surface area contributed by atoms with E-state index in [1.807, 2.05) is 0 Å². The van der Waals surface area contributed by atoms with Crippen LogP contribution in [0.25, 0.3) is 0 Å². The van der Waals surface area contributed by atoms with Crippen LogP contribution in [0.1, 0.15) is 59.2 Å². The van der Waals surface area contributed by atoms with Gasteiger partial charge in [-0.3, -0.25) is 4.90 Å². The van der Waals surface area contributed by atoms with Crippen molar-refractivity contribution in [2.45, 2.75) is 64.6 Å². The van der Waals surface area contributed by atoms with E-state index < -0.39 is 0 Å². The second kappa shape index (κ2) is 9.56. The van der Waals surface area contributed by atoms with E-state index in [0.29, 0.717) is 6.04 Å². The molecule has 0 spiro atoms. The van der Waals surface area contributed by atoms with Gasteiger partial charge in [-0.2, -0.15) is 0 Å². The lowest BCUT2D eigenvalue weighted by molar-refractivity contribution is 0.0501. The number of nitrogens with zero attached hydrogens (tertiary/aromatic N) is 1. The monoisotopic (exact) mass is 454 g/mol. The summed E-state index contributed by atoms with van der Waals surface area (Å²) in [6.45, 7) is 12.1. The lowest BCUT2D eigenvalue weighted by Gasteiger charge is -2.38. The molecule has 3 aromatic carbocycles. The molecule has 1 fully saturated rings. The SMILES string of the molecule is Cc1cc(C)c2c(c1C)OC(C)(CN1CCC(NC(c3ccccc3)c3ccccc3)CC1)C2. The number of rotatable bonds is 6. The van der Waals surface area contributed by atoms with Gasteiger partial charge in [-0.15, -0.1) is 0 Å². The van der Waals surface area contributed by atoms with E-state index in [1.165, 1.54) is 33.4 Å². The summed E-state index contributed by atoms with van der Waals surface area (Å²) < 4.78 is 6.64. The van der Waals surface area contributed by atoms with Crippen molar-refractivity contribution < 1.29 is 4.74 Å². The van der Waals surface area contributed by atoms with Crippen molar-refractivity contribution in [1.82, 2.24) is 10.2 Å². The van der Waals surface area contributed by atoms with Gasteiger partial charge in [0.05, 0.1) is 6.04 Å². The van der Waals surface area contributed by atoms with Crippen molar-refractivity contribution in [3.8, 4) is 5.75 Å². The Hall–Kier alpha value is -2.62. The van der Waals surface area contributed by atoms with Gasteiger partial charge in [0, 0.05) is 24.6 Å². The predicted molar refractivity (Wildman–Crippen MR) is 141 cm³/mol. The fourth-order valence-electron chi connectivity index (χ4n) is 5.85. The zero-order chi connectivity index (χ0) is 23.7. The first-order valence-electron chi connectivity index (χ1n) is 12.8. The van der Waals surface area contributed by atoms with Gasteiger partial charge in [0.25, 0.3) is 0 Å². The smallest absolute Gasteiger partial charge is 0.126 e. The minimum atomic E-state index is -0.136. The van der Waals surface area contributed by atoms with Gasteiger partial charge >= 0.3 is 0 Å². The number of aryl methyl sites for hydroxylation is 2. The standard InChI is InChI=1S/C31H38N2O/c1-22-19-23(2)28-20-31(4,34-30(28)24(22)3)21-33-17-15-27(16-18-33)32-29(25-11-7-5-8-12-25)26-13-9-6-10-14-26/h5-14,19,27,29,32H,15-18,20-21H2,1-4H3. The Kier molecular flexibility index (Phi) is 6.50. The zero-order valence-electron chi connectivity index (χ0n) is 21.1. The summed E-state index contributed by atoms with van der Waals surface area (Å²) in [5.41, 5.74) is 7.96. The molecule has 0 aromatic heterocycles. The van der Waals surface area contributed by atoms with Crippen LogP contribution in [0.3, 0.4) is 0 Å². The molecule has 3 heteroatoms. The summed E-state index contributed by atoms with van der Waals surface area (Å²) in [5.74, 6) is 1.14. The maximum atomic E-state index is 6.64. The second-order valence-electron chi connectivity index (χ2n) is 10.6. The van der Waals surface area contributed by atoms with Gasteiger partial charge < -0.3 is 10.1 Å². The molecule has 2 aliphatic rings. The number of hydrogen-bond acceptors (Lipinski definition) is 3. The Morgan fingerprint density at radius 2 is 1.50 bits per heavy atom. The van der Waals surface area contributed by atoms with E-state index in [1.54, 1.807) is 0 Å². The topological polar surface area (TPSA) is 24.5 Å². The minimum Gasteiger partial charge on any atom is -0.485 e. The number of hydrogen-bond donors (Lipinski definition) is 1. The number of benzene rings is 3. The van der Waals surface area contributed by atoms with Gasteiger partial charge in [0.1, 0.15) is 11.4 Å². The summed E-state index contributed by atoms with van der Waals surface area (Å²) >= 11 is 0. The molecule has 0 radical (unpaired) electrons. The molecule has 0 amide bonds. The summed E-state index contributed by atoms with van der Waals surface area (Å²) in [6, 6.07) is 24.8. The van der Waals surface area contributed by atoms with Gasteiger partial charge in [-0.05, 0) is 81.4 Å². The van der Waals surface area contributed by atoms with Crippen LogP contribution < -0.4 is 10.1 Å². The van der Waals surface area contributed by atoms with Crippen molar-refractivity contribution in [2.24, 2.45) is 0 Å².